The topological polar surface area (TPSA) is 29.5 Å². The fourth-order valence-electron chi connectivity index (χ4n) is 0.818. The minimum atomic E-state index is 0.0497. The van der Waals surface area contributed by atoms with E-state index in [-0.39, 0.29) is 5.75 Å². The molecule has 0 heterocycles. The van der Waals surface area contributed by atoms with Crippen LogP contribution in [0.3, 0.4) is 0 Å². The highest BCUT2D eigenvalue weighted by Crippen LogP contribution is 2.31. The van der Waals surface area contributed by atoms with Crippen molar-refractivity contribution in [3.05, 3.63) is 22.2 Å². The first-order valence-corrected chi connectivity index (χ1v) is 4.01. The molecule has 0 fully saturated rings. The number of hydrogen-bond donors (Lipinski definition) is 1. The molecule has 1 aromatic rings. The van der Waals surface area contributed by atoms with Crippen molar-refractivity contribution < 1.29 is 9.84 Å². The number of terminal acetylenes is 1. The molecule has 1 N–H and O–H groups in total. The third kappa shape index (κ3) is 1.54. The molecule has 0 bridgehead atoms. The summed E-state index contributed by atoms with van der Waals surface area (Å²) in [6.45, 7) is 0. The van der Waals surface area contributed by atoms with Crippen LogP contribution in [0.25, 0.3) is 0 Å². The van der Waals surface area contributed by atoms with Gasteiger partial charge in [0.1, 0.15) is 0 Å². The van der Waals surface area contributed by atoms with Gasteiger partial charge in [-0.05, 0) is 22.0 Å². The minimum Gasteiger partial charge on any atom is -0.504 e. The minimum absolute atomic E-state index is 0.0497. The zero-order valence-corrected chi connectivity index (χ0v) is 8.05. The highest BCUT2D eigenvalue weighted by molar-refractivity contribution is 9.10. The van der Waals surface area contributed by atoms with Crippen LogP contribution in [0.1, 0.15) is 5.56 Å². The standard InChI is InChI=1S/C9H7BrO2/c1-3-6-4-8(11)9(12-2)5-7(6)10/h1,4-5,11H,2H3. The van der Waals surface area contributed by atoms with E-state index in [1.54, 1.807) is 6.07 Å². The SMILES string of the molecule is C#Cc1cc(O)c(OC)cc1Br. The second-order valence-electron chi connectivity index (χ2n) is 2.15. The number of phenolic OH excluding ortho intramolecular Hbond substituents is 1. The van der Waals surface area contributed by atoms with Crippen LogP contribution in [0.4, 0.5) is 0 Å². The van der Waals surface area contributed by atoms with Gasteiger partial charge < -0.3 is 9.84 Å². The molecule has 1 rings (SSSR count). The van der Waals surface area contributed by atoms with Crippen molar-refractivity contribution in [2.24, 2.45) is 0 Å². The first-order chi connectivity index (χ1) is 5.69. The molecule has 12 heavy (non-hydrogen) atoms. The van der Waals surface area contributed by atoms with Crippen LogP contribution in [-0.4, -0.2) is 12.2 Å². The molecule has 0 aliphatic carbocycles. The van der Waals surface area contributed by atoms with Gasteiger partial charge in [-0.15, -0.1) is 6.42 Å². The van der Waals surface area contributed by atoms with E-state index in [4.69, 9.17) is 11.2 Å². The number of phenols is 1. The predicted octanol–water partition coefficient (Wildman–Crippen LogP) is 2.14. The molecule has 0 radical (unpaired) electrons. The Hall–Kier alpha value is -1.14. The Morgan fingerprint density at radius 2 is 2.25 bits per heavy atom. The highest BCUT2D eigenvalue weighted by Gasteiger charge is 2.05. The van der Waals surface area contributed by atoms with Gasteiger partial charge >= 0.3 is 0 Å². The molecular formula is C9H7BrO2. The Balaban J connectivity index is 3.28. The van der Waals surface area contributed by atoms with Crippen LogP contribution in [-0.2, 0) is 0 Å². The van der Waals surface area contributed by atoms with E-state index in [0.29, 0.717) is 11.3 Å². The van der Waals surface area contributed by atoms with E-state index in [9.17, 15) is 5.11 Å². The Bertz CT molecular complexity index is 338. The van der Waals surface area contributed by atoms with Gasteiger partial charge in [0.25, 0.3) is 0 Å². The fourth-order valence-corrected chi connectivity index (χ4v) is 1.25. The maximum Gasteiger partial charge on any atom is 0.161 e. The number of ether oxygens (including phenoxy) is 1. The van der Waals surface area contributed by atoms with Crippen molar-refractivity contribution in [1.82, 2.24) is 0 Å². The molecule has 0 aliphatic heterocycles. The zero-order chi connectivity index (χ0) is 9.14. The zero-order valence-electron chi connectivity index (χ0n) is 6.47. The molecule has 62 valence electrons. The number of aromatic hydroxyl groups is 1. The third-order valence-corrected chi connectivity index (χ3v) is 2.08. The molecule has 3 heteroatoms. The summed E-state index contributed by atoms with van der Waals surface area (Å²) in [5, 5.41) is 9.31. The van der Waals surface area contributed by atoms with Gasteiger partial charge in [0.05, 0.1) is 7.11 Å². The first-order valence-electron chi connectivity index (χ1n) is 3.22. The summed E-state index contributed by atoms with van der Waals surface area (Å²) in [5.41, 5.74) is 0.605. The number of hydrogen-bond acceptors (Lipinski definition) is 2. The largest absolute Gasteiger partial charge is 0.504 e. The number of rotatable bonds is 1. The average Bonchev–Trinajstić information content (AvgIpc) is 2.08. The van der Waals surface area contributed by atoms with Crippen LogP contribution in [0.5, 0.6) is 11.5 Å². The van der Waals surface area contributed by atoms with Crippen LogP contribution in [0.15, 0.2) is 16.6 Å². The Morgan fingerprint density at radius 3 is 2.75 bits per heavy atom. The van der Waals surface area contributed by atoms with Gasteiger partial charge in [-0.3, -0.25) is 0 Å². The molecule has 0 aliphatic rings. The summed E-state index contributed by atoms with van der Waals surface area (Å²) in [7, 11) is 1.48. The molecule has 0 amide bonds. The smallest absolute Gasteiger partial charge is 0.161 e. The van der Waals surface area contributed by atoms with Crippen LogP contribution >= 0.6 is 15.9 Å². The Labute approximate surface area is 79.3 Å². The average molecular weight is 227 g/mol. The van der Waals surface area contributed by atoms with Gasteiger partial charge in [0.15, 0.2) is 11.5 Å². The van der Waals surface area contributed by atoms with Gasteiger partial charge in [0.2, 0.25) is 0 Å². The van der Waals surface area contributed by atoms with Crippen LogP contribution in [0.2, 0.25) is 0 Å². The molecule has 2 nitrogen and oxygen atoms in total. The van der Waals surface area contributed by atoms with Crippen molar-refractivity contribution in [1.29, 1.82) is 0 Å². The van der Waals surface area contributed by atoms with E-state index in [2.05, 4.69) is 21.9 Å². The normalized spacial score (nSPS) is 9.08. The molecule has 1 aromatic carbocycles. The maximum absolute atomic E-state index is 9.31. The van der Waals surface area contributed by atoms with Crippen molar-refractivity contribution in [3.63, 3.8) is 0 Å². The van der Waals surface area contributed by atoms with E-state index in [0.717, 1.165) is 4.47 Å². The third-order valence-electron chi connectivity index (χ3n) is 1.42. The van der Waals surface area contributed by atoms with E-state index >= 15 is 0 Å². The van der Waals surface area contributed by atoms with Crippen molar-refractivity contribution >= 4 is 15.9 Å². The lowest BCUT2D eigenvalue weighted by atomic mass is 10.2. The summed E-state index contributed by atoms with van der Waals surface area (Å²) in [6, 6.07) is 3.10. The van der Waals surface area contributed by atoms with Crippen LogP contribution < -0.4 is 4.74 Å². The molecule has 0 saturated heterocycles. The maximum atomic E-state index is 9.31. The molecule has 0 atom stereocenters. The Morgan fingerprint density at radius 1 is 1.58 bits per heavy atom. The predicted molar refractivity (Wildman–Crippen MR) is 50.3 cm³/mol. The quantitative estimate of drug-likeness (QED) is 0.744. The summed E-state index contributed by atoms with van der Waals surface area (Å²) in [5.74, 6) is 2.88. The second kappa shape index (κ2) is 3.51. The molecule has 0 aromatic heterocycles. The van der Waals surface area contributed by atoms with E-state index in [1.165, 1.54) is 13.2 Å². The fraction of sp³-hybridized carbons (Fsp3) is 0.111. The van der Waals surface area contributed by atoms with Crippen molar-refractivity contribution in [3.8, 4) is 23.8 Å². The lowest BCUT2D eigenvalue weighted by Gasteiger charge is -2.04. The summed E-state index contributed by atoms with van der Waals surface area (Å²) in [6.07, 6.45) is 5.18. The Kier molecular flexibility index (Phi) is 2.61. The van der Waals surface area contributed by atoms with E-state index in [1.807, 2.05) is 0 Å². The van der Waals surface area contributed by atoms with Crippen LogP contribution in [0, 0.1) is 12.3 Å². The van der Waals surface area contributed by atoms with Gasteiger partial charge in [-0.25, -0.2) is 0 Å². The lowest BCUT2D eigenvalue weighted by molar-refractivity contribution is 0.373. The summed E-state index contributed by atoms with van der Waals surface area (Å²) >= 11 is 3.25. The molecule has 0 spiro atoms. The van der Waals surface area contributed by atoms with Gasteiger partial charge in [0, 0.05) is 16.1 Å². The van der Waals surface area contributed by atoms with Crippen molar-refractivity contribution in [2.75, 3.05) is 7.11 Å². The molecule has 0 unspecified atom stereocenters. The van der Waals surface area contributed by atoms with Gasteiger partial charge in [-0.1, -0.05) is 5.92 Å². The van der Waals surface area contributed by atoms with Crippen molar-refractivity contribution in [2.45, 2.75) is 0 Å². The first kappa shape index (κ1) is 8.95. The number of methoxy groups -OCH3 is 1. The number of halogens is 1. The molecular weight excluding hydrogens is 220 g/mol. The lowest BCUT2D eigenvalue weighted by Crippen LogP contribution is -1.85. The monoisotopic (exact) mass is 226 g/mol. The summed E-state index contributed by atoms with van der Waals surface area (Å²) in [4.78, 5) is 0. The van der Waals surface area contributed by atoms with Gasteiger partial charge in [-0.2, -0.15) is 0 Å². The number of benzene rings is 1. The van der Waals surface area contributed by atoms with E-state index < -0.39 is 0 Å². The highest BCUT2D eigenvalue weighted by atomic mass is 79.9. The summed E-state index contributed by atoms with van der Waals surface area (Å²) < 4.78 is 5.61. The molecule has 0 saturated carbocycles. The second-order valence-corrected chi connectivity index (χ2v) is 3.00.